The van der Waals surface area contributed by atoms with Gasteiger partial charge in [0.15, 0.2) is 0 Å². The fraction of sp³-hybridized carbons (Fsp3) is 0.304. The number of para-hydroxylation sites is 1. The summed E-state index contributed by atoms with van der Waals surface area (Å²) in [5, 5.41) is 7.95. The highest BCUT2D eigenvalue weighted by Gasteiger charge is 2.13. The van der Waals surface area contributed by atoms with E-state index in [1.54, 1.807) is 6.20 Å². The van der Waals surface area contributed by atoms with Crippen molar-refractivity contribution < 1.29 is 4.79 Å². The Balaban J connectivity index is 0.00000204. The van der Waals surface area contributed by atoms with Crippen LogP contribution in [0.3, 0.4) is 0 Å². The normalized spacial score (nSPS) is 11.1. The number of anilines is 1. The summed E-state index contributed by atoms with van der Waals surface area (Å²) < 4.78 is 0. The second-order valence-electron chi connectivity index (χ2n) is 6.21. The van der Waals surface area contributed by atoms with Crippen LogP contribution in [0.5, 0.6) is 0 Å². The number of nitrogens with zero attached hydrogens (tertiary/aromatic N) is 2. The van der Waals surface area contributed by atoms with E-state index in [1.807, 2.05) is 81.4 Å². The molecule has 0 aliphatic heterocycles. The largest absolute Gasteiger partial charge is 0.362 e. The third-order valence-corrected chi connectivity index (χ3v) is 4.12. The molecule has 3 N–H and O–H groups in total. The minimum Gasteiger partial charge on any atom is -0.362 e. The summed E-state index contributed by atoms with van der Waals surface area (Å²) in [5.41, 5.74) is 6.95. The van der Waals surface area contributed by atoms with Crippen molar-refractivity contribution >= 4 is 18.3 Å². The maximum absolute atomic E-state index is 12.3. The Labute approximate surface area is 174 Å². The Morgan fingerprint density at radius 2 is 1.83 bits per heavy atom. The molecule has 6 nitrogen and oxygen atoms in total. The average molecular weight is 396 g/mol. The molecule has 0 radical (unpaired) electrons. The van der Waals surface area contributed by atoms with Crippen molar-refractivity contribution in [2.45, 2.75) is 33.5 Å². The van der Waals surface area contributed by atoms with Gasteiger partial charge < -0.3 is 10.6 Å². The van der Waals surface area contributed by atoms with Crippen LogP contribution < -0.4 is 16.1 Å². The number of aryl methyl sites for hydroxylation is 1. The molecule has 6 heteroatoms. The molecule has 2 aromatic carbocycles. The Hall–Kier alpha value is -2.96. The molecule has 1 atom stereocenters. The van der Waals surface area contributed by atoms with Gasteiger partial charge in [0.25, 0.3) is 5.91 Å². The van der Waals surface area contributed by atoms with Gasteiger partial charge in [-0.2, -0.15) is 0 Å². The number of benzene rings is 2. The summed E-state index contributed by atoms with van der Waals surface area (Å²) in [6.45, 7) is 14.2. The number of nitrogens with one attached hydrogen (secondary N) is 3. The molecule has 2 rings (SSSR count). The van der Waals surface area contributed by atoms with Gasteiger partial charge >= 0.3 is 0 Å². The monoisotopic (exact) mass is 395 g/mol. The molecular formula is C23H33N5O. The number of aliphatic imine (C=N–C) groups is 1. The zero-order valence-electron chi connectivity index (χ0n) is 17.9. The van der Waals surface area contributed by atoms with Crippen molar-refractivity contribution in [3.63, 3.8) is 0 Å². The molecule has 156 valence electrons. The Morgan fingerprint density at radius 1 is 1.17 bits per heavy atom. The van der Waals surface area contributed by atoms with Gasteiger partial charge in [0.1, 0.15) is 6.17 Å². The summed E-state index contributed by atoms with van der Waals surface area (Å²) in [5.74, 6) is -0.119. The van der Waals surface area contributed by atoms with Crippen LogP contribution in [-0.4, -0.2) is 37.4 Å². The van der Waals surface area contributed by atoms with Crippen LogP contribution >= 0.6 is 0 Å². The van der Waals surface area contributed by atoms with Crippen LogP contribution in [0.2, 0.25) is 0 Å². The third-order valence-electron chi connectivity index (χ3n) is 4.12. The molecular weight excluding hydrogens is 362 g/mol. The van der Waals surface area contributed by atoms with E-state index in [-0.39, 0.29) is 12.1 Å². The summed E-state index contributed by atoms with van der Waals surface area (Å²) in [7, 11) is 1.92. The van der Waals surface area contributed by atoms with E-state index in [2.05, 4.69) is 34.3 Å². The first-order valence-corrected chi connectivity index (χ1v) is 9.77. The fourth-order valence-corrected chi connectivity index (χ4v) is 2.73. The van der Waals surface area contributed by atoms with Crippen molar-refractivity contribution in [1.29, 1.82) is 0 Å². The van der Waals surface area contributed by atoms with Gasteiger partial charge in [0.05, 0.1) is 6.54 Å². The first-order chi connectivity index (χ1) is 14.0. The topological polar surface area (TPSA) is 68.8 Å². The number of hydrogen-bond acceptors (Lipinski definition) is 5. The van der Waals surface area contributed by atoms with Crippen molar-refractivity contribution in [3.05, 3.63) is 78.0 Å². The lowest BCUT2D eigenvalue weighted by Gasteiger charge is -2.24. The van der Waals surface area contributed by atoms with Gasteiger partial charge in [-0.3, -0.25) is 9.79 Å². The second-order valence-corrected chi connectivity index (χ2v) is 6.21. The zero-order valence-corrected chi connectivity index (χ0v) is 17.9. The standard InChI is InChI=1S/C21H27N5O.C2H6/c1-5-23-19-13-9-7-11-17(19)15-26(4)25-20(22-3)14-24-21(27)18-12-8-6-10-16(18)2;1-2/h5-13,20,23,25H,1,3,14-15H2,2,4H3,(H,24,27);1-2H3. The highest BCUT2D eigenvalue weighted by atomic mass is 16.1. The molecule has 0 saturated carbocycles. The Kier molecular flexibility index (Phi) is 11.0. The van der Waals surface area contributed by atoms with E-state index >= 15 is 0 Å². The number of rotatable bonds is 10. The first kappa shape index (κ1) is 24.1. The predicted molar refractivity (Wildman–Crippen MR) is 123 cm³/mol. The zero-order chi connectivity index (χ0) is 21.6. The lowest BCUT2D eigenvalue weighted by Crippen LogP contribution is -2.46. The minimum absolute atomic E-state index is 0.119. The third kappa shape index (κ3) is 7.89. The molecule has 29 heavy (non-hydrogen) atoms. The molecule has 0 bridgehead atoms. The first-order valence-electron chi connectivity index (χ1n) is 9.77. The van der Waals surface area contributed by atoms with Crippen LogP contribution in [-0.2, 0) is 6.54 Å². The lowest BCUT2D eigenvalue weighted by molar-refractivity contribution is 0.0940. The Morgan fingerprint density at radius 3 is 2.48 bits per heavy atom. The molecule has 0 aliphatic carbocycles. The molecule has 0 spiro atoms. The highest BCUT2D eigenvalue weighted by Crippen LogP contribution is 2.16. The van der Waals surface area contributed by atoms with E-state index in [1.165, 1.54) is 0 Å². The van der Waals surface area contributed by atoms with Crippen LogP contribution in [0, 0.1) is 6.92 Å². The number of hydrazine groups is 1. The summed E-state index contributed by atoms with van der Waals surface area (Å²) in [4.78, 5) is 16.4. The maximum atomic E-state index is 12.3. The molecule has 0 saturated heterocycles. The van der Waals surface area contributed by atoms with Gasteiger partial charge in [0.2, 0.25) is 0 Å². The van der Waals surface area contributed by atoms with Gasteiger partial charge in [-0.15, -0.1) is 0 Å². The number of carbonyl (C=O) groups is 1. The van der Waals surface area contributed by atoms with Crippen LogP contribution in [0.25, 0.3) is 0 Å². The molecule has 0 fully saturated rings. The predicted octanol–water partition coefficient (Wildman–Crippen LogP) is 3.97. The minimum atomic E-state index is -0.331. The van der Waals surface area contributed by atoms with Gasteiger partial charge in [0, 0.05) is 24.8 Å². The summed E-state index contributed by atoms with van der Waals surface area (Å²) in [6, 6.07) is 15.5. The van der Waals surface area contributed by atoms with E-state index in [0.29, 0.717) is 18.7 Å². The lowest BCUT2D eigenvalue weighted by atomic mass is 10.1. The highest BCUT2D eigenvalue weighted by molar-refractivity contribution is 5.95. The molecule has 0 aromatic heterocycles. The fourth-order valence-electron chi connectivity index (χ4n) is 2.73. The van der Waals surface area contributed by atoms with Gasteiger partial charge in [-0.25, -0.2) is 10.4 Å². The molecule has 2 aromatic rings. The molecule has 1 amide bonds. The summed E-state index contributed by atoms with van der Waals surface area (Å²) >= 11 is 0. The molecule has 0 heterocycles. The van der Waals surface area contributed by atoms with Crippen LogP contribution in [0.15, 0.2) is 66.3 Å². The second kappa shape index (κ2) is 13.3. The molecule has 1 unspecified atom stereocenters. The summed E-state index contributed by atoms with van der Waals surface area (Å²) in [6.07, 6.45) is 1.32. The SMILES string of the molecule is C=CNc1ccccc1CN(C)NC(CNC(=O)c1ccccc1C)N=C.CC. The number of amides is 1. The van der Waals surface area contributed by atoms with Crippen molar-refractivity contribution in [1.82, 2.24) is 15.8 Å². The smallest absolute Gasteiger partial charge is 0.251 e. The maximum Gasteiger partial charge on any atom is 0.251 e. The quantitative estimate of drug-likeness (QED) is 0.421. The average Bonchev–Trinajstić information content (AvgIpc) is 2.74. The van der Waals surface area contributed by atoms with E-state index in [4.69, 9.17) is 0 Å². The van der Waals surface area contributed by atoms with Crippen molar-refractivity contribution in [3.8, 4) is 0 Å². The van der Waals surface area contributed by atoms with Crippen molar-refractivity contribution in [2.75, 3.05) is 18.9 Å². The van der Waals surface area contributed by atoms with Gasteiger partial charge in [-0.05, 0) is 43.1 Å². The van der Waals surface area contributed by atoms with Gasteiger partial charge in [-0.1, -0.05) is 56.8 Å². The van der Waals surface area contributed by atoms with Crippen LogP contribution in [0.4, 0.5) is 5.69 Å². The van der Waals surface area contributed by atoms with E-state index in [9.17, 15) is 4.79 Å². The van der Waals surface area contributed by atoms with Crippen LogP contribution in [0.1, 0.15) is 35.3 Å². The van der Waals surface area contributed by atoms with E-state index in [0.717, 1.165) is 16.8 Å². The number of carbonyl (C=O) groups excluding carboxylic acids is 1. The van der Waals surface area contributed by atoms with E-state index < -0.39 is 0 Å². The Bertz CT molecular complexity index is 790. The molecule has 0 aliphatic rings. The number of hydrogen-bond donors (Lipinski definition) is 3. The van der Waals surface area contributed by atoms with Crippen molar-refractivity contribution in [2.24, 2.45) is 4.99 Å².